The average molecular weight is 491 g/mol. The first-order valence-electron chi connectivity index (χ1n) is 11.5. The zero-order chi connectivity index (χ0) is 25.4. The molecule has 3 amide bonds. The highest BCUT2D eigenvalue weighted by molar-refractivity contribution is 7.80. The van der Waals surface area contributed by atoms with Gasteiger partial charge in [-0.3, -0.25) is 14.4 Å². The number of hydrogen-bond donors (Lipinski definition) is 8. The predicted molar refractivity (Wildman–Crippen MR) is 131 cm³/mol. The molecule has 0 fully saturated rings. The van der Waals surface area contributed by atoms with Crippen LogP contribution in [0.2, 0.25) is 0 Å². The number of thiol groups is 1. The van der Waals surface area contributed by atoms with E-state index in [1.807, 2.05) is 6.92 Å². The lowest BCUT2D eigenvalue weighted by molar-refractivity contribution is -0.142. The smallest absolute Gasteiger partial charge is 0.326 e. The van der Waals surface area contributed by atoms with Crippen LogP contribution in [0.15, 0.2) is 0 Å². The summed E-state index contributed by atoms with van der Waals surface area (Å²) in [5, 5.41) is 17.3. The number of hydrogen-bond acceptors (Lipinski definition) is 8. The fraction of sp³-hybridized carbons (Fsp3) is 0.810. The predicted octanol–water partition coefficient (Wildman–Crippen LogP) is -0.913. The van der Waals surface area contributed by atoms with Gasteiger partial charge in [0.25, 0.3) is 0 Å². The van der Waals surface area contributed by atoms with Crippen molar-refractivity contribution in [2.45, 2.75) is 83.0 Å². The summed E-state index contributed by atoms with van der Waals surface area (Å²) in [6.07, 6.45) is 3.49. The third-order valence-electron chi connectivity index (χ3n) is 5.47. The Labute approximate surface area is 201 Å². The maximum absolute atomic E-state index is 13.0. The van der Waals surface area contributed by atoms with Crippen molar-refractivity contribution in [2.24, 2.45) is 23.1 Å². The molecular weight excluding hydrogens is 448 g/mol. The number of rotatable bonds is 18. The van der Waals surface area contributed by atoms with Crippen molar-refractivity contribution in [3.63, 3.8) is 0 Å². The van der Waals surface area contributed by atoms with Gasteiger partial charge in [0, 0.05) is 5.75 Å². The topological polar surface area (TPSA) is 203 Å². The highest BCUT2D eigenvalue weighted by Crippen LogP contribution is 2.11. The van der Waals surface area contributed by atoms with Gasteiger partial charge in [0.2, 0.25) is 17.7 Å². The molecule has 5 unspecified atom stereocenters. The van der Waals surface area contributed by atoms with Crippen molar-refractivity contribution >= 4 is 36.3 Å². The molecule has 0 rings (SSSR count). The Morgan fingerprint density at radius 3 is 1.82 bits per heavy atom. The zero-order valence-corrected chi connectivity index (χ0v) is 20.6. The van der Waals surface area contributed by atoms with Crippen molar-refractivity contribution in [1.29, 1.82) is 0 Å². The Balaban J connectivity index is 5.46. The normalized spacial score (nSPS) is 15.6. The molecule has 0 aliphatic heterocycles. The number of amides is 3. The molecule has 0 aromatic rings. The summed E-state index contributed by atoms with van der Waals surface area (Å²) in [5.41, 5.74) is 16.7. The van der Waals surface area contributed by atoms with Gasteiger partial charge in [-0.05, 0) is 57.5 Å². The van der Waals surface area contributed by atoms with Crippen molar-refractivity contribution < 1.29 is 24.3 Å². The first-order chi connectivity index (χ1) is 15.6. The van der Waals surface area contributed by atoms with E-state index in [4.69, 9.17) is 17.2 Å². The highest BCUT2D eigenvalue weighted by Gasteiger charge is 2.32. The molecule has 192 valence electrons. The number of nitrogens with one attached hydrogen (secondary N) is 3. The summed E-state index contributed by atoms with van der Waals surface area (Å²) < 4.78 is 0. The Hall–Kier alpha value is -1.89. The Morgan fingerprint density at radius 1 is 0.848 bits per heavy atom. The fourth-order valence-corrected chi connectivity index (χ4v) is 3.26. The second-order valence-corrected chi connectivity index (χ2v) is 8.56. The van der Waals surface area contributed by atoms with Crippen LogP contribution in [0.3, 0.4) is 0 Å². The lowest BCUT2D eigenvalue weighted by atomic mass is 9.97. The van der Waals surface area contributed by atoms with Gasteiger partial charge >= 0.3 is 5.97 Å². The molecule has 0 aromatic carbocycles. The van der Waals surface area contributed by atoms with Crippen LogP contribution in [0.4, 0.5) is 0 Å². The largest absolute Gasteiger partial charge is 0.480 e. The number of carboxylic acid groups (broad SMARTS) is 1. The van der Waals surface area contributed by atoms with Gasteiger partial charge in [-0.1, -0.05) is 20.3 Å². The van der Waals surface area contributed by atoms with Gasteiger partial charge in [-0.15, -0.1) is 0 Å². The van der Waals surface area contributed by atoms with E-state index in [0.29, 0.717) is 45.2 Å². The van der Waals surface area contributed by atoms with Crippen molar-refractivity contribution in [3.8, 4) is 0 Å². The van der Waals surface area contributed by atoms with Gasteiger partial charge in [-0.25, -0.2) is 4.79 Å². The van der Waals surface area contributed by atoms with Crippen LogP contribution in [0, 0.1) is 5.92 Å². The molecule has 0 aliphatic rings. The van der Waals surface area contributed by atoms with E-state index in [0.717, 1.165) is 0 Å². The summed E-state index contributed by atoms with van der Waals surface area (Å²) in [7, 11) is 0. The number of unbranched alkanes of at least 4 members (excludes halogenated alkanes) is 2. The molecule has 0 bridgehead atoms. The monoisotopic (exact) mass is 490 g/mol. The molecule has 5 atom stereocenters. The van der Waals surface area contributed by atoms with E-state index in [-0.39, 0.29) is 24.5 Å². The van der Waals surface area contributed by atoms with Crippen LogP contribution >= 0.6 is 12.6 Å². The number of carbonyl (C=O) groups excluding carboxylic acids is 3. The molecule has 11 nitrogen and oxygen atoms in total. The van der Waals surface area contributed by atoms with E-state index in [2.05, 4.69) is 28.6 Å². The molecular formula is C21H42N6O5S. The minimum absolute atomic E-state index is 0.117. The van der Waals surface area contributed by atoms with E-state index in [1.165, 1.54) is 0 Å². The van der Waals surface area contributed by atoms with Crippen LogP contribution in [0.5, 0.6) is 0 Å². The third kappa shape index (κ3) is 12.2. The number of nitrogens with two attached hydrogens (primary N) is 3. The Bertz CT molecular complexity index is 624. The van der Waals surface area contributed by atoms with Crippen LogP contribution in [-0.2, 0) is 19.2 Å². The minimum Gasteiger partial charge on any atom is -0.480 e. The summed E-state index contributed by atoms with van der Waals surface area (Å²) in [5.74, 6) is -2.91. The molecule has 0 heterocycles. The summed E-state index contributed by atoms with van der Waals surface area (Å²) >= 11 is 4.01. The zero-order valence-electron chi connectivity index (χ0n) is 19.7. The van der Waals surface area contributed by atoms with E-state index in [1.54, 1.807) is 6.92 Å². The molecule has 33 heavy (non-hydrogen) atoms. The number of aliphatic carboxylic acids is 1. The SMILES string of the molecule is CCC(C)C(NC(=O)C(N)CS)C(=O)NC(CCCCN)C(=O)NC(CCCCN)C(=O)O. The molecule has 0 spiro atoms. The van der Waals surface area contributed by atoms with Crippen LogP contribution in [0.25, 0.3) is 0 Å². The van der Waals surface area contributed by atoms with Crippen molar-refractivity contribution in [2.75, 3.05) is 18.8 Å². The molecule has 10 N–H and O–H groups in total. The van der Waals surface area contributed by atoms with E-state index >= 15 is 0 Å². The van der Waals surface area contributed by atoms with Crippen LogP contribution in [-0.4, -0.2) is 71.8 Å². The second-order valence-electron chi connectivity index (χ2n) is 8.19. The van der Waals surface area contributed by atoms with Crippen molar-refractivity contribution in [3.05, 3.63) is 0 Å². The molecule has 0 aliphatic carbocycles. The standard InChI is InChI=1S/C21H42N6O5S/c1-3-13(2)17(27-18(28)14(24)12-33)20(30)25-15(8-4-6-10-22)19(29)26-16(21(31)32)9-5-7-11-23/h13-17,33H,3-12,22-24H2,1-2H3,(H,25,30)(H,26,29)(H,27,28)(H,31,32). The van der Waals surface area contributed by atoms with Crippen LogP contribution in [0.1, 0.15) is 58.8 Å². The maximum Gasteiger partial charge on any atom is 0.326 e. The Morgan fingerprint density at radius 2 is 1.36 bits per heavy atom. The first-order valence-corrected chi connectivity index (χ1v) is 12.2. The first kappa shape index (κ1) is 31.1. The molecule has 12 heteroatoms. The van der Waals surface area contributed by atoms with E-state index < -0.39 is 47.9 Å². The Kier molecular flexibility index (Phi) is 16.6. The minimum atomic E-state index is -1.15. The average Bonchev–Trinajstić information content (AvgIpc) is 2.79. The lowest BCUT2D eigenvalue weighted by Crippen LogP contribution is -2.58. The van der Waals surface area contributed by atoms with Crippen LogP contribution < -0.4 is 33.2 Å². The van der Waals surface area contributed by atoms with Crippen molar-refractivity contribution in [1.82, 2.24) is 16.0 Å². The summed E-state index contributed by atoms with van der Waals surface area (Å²) in [6.45, 7) is 4.53. The van der Waals surface area contributed by atoms with Gasteiger partial charge < -0.3 is 38.3 Å². The van der Waals surface area contributed by atoms with Gasteiger partial charge in [0.1, 0.15) is 18.1 Å². The molecule has 0 aromatic heterocycles. The van der Waals surface area contributed by atoms with Gasteiger partial charge in [0.05, 0.1) is 6.04 Å². The lowest BCUT2D eigenvalue weighted by Gasteiger charge is -2.28. The number of carbonyl (C=O) groups is 4. The molecule has 0 saturated heterocycles. The maximum atomic E-state index is 13.0. The fourth-order valence-electron chi connectivity index (χ4n) is 3.09. The van der Waals surface area contributed by atoms with E-state index in [9.17, 15) is 24.3 Å². The second kappa shape index (κ2) is 17.6. The third-order valence-corrected chi connectivity index (χ3v) is 5.86. The van der Waals surface area contributed by atoms with Gasteiger partial charge in [0.15, 0.2) is 0 Å². The van der Waals surface area contributed by atoms with Gasteiger partial charge in [-0.2, -0.15) is 12.6 Å². The highest BCUT2D eigenvalue weighted by atomic mass is 32.1. The molecule has 0 radical (unpaired) electrons. The summed E-state index contributed by atoms with van der Waals surface area (Å²) in [6, 6.07) is -3.84. The quantitative estimate of drug-likeness (QED) is 0.0890. The molecule has 0 saturated carbocycles. The number of carboxylic acids is 1. The summed E-state index contributed by atoms with van der Waals surface area (Å²) in [4.78, 5) is 49.8.